The zero-order chi connectivity index (χ0) is 14.4. The fourth-order valence-electron chi connectivity index (χ4n) is 2.01. The monoisotopic (exact) mass is 262 g/mol. The summed E-state index contributed by atoms with van der Waals surface area (Å²) in [4.78, 5) is 13.2. The highest BCUT2D eigenvalue weighted by Gasteiger charge is 2.10. The van der Waals surface area contributed by atoms with Crippen LogP contribution in [0, 0.1) is 5.92 Å². The van der Waals surface area contributed by atoms with Crippen LogP contribution in [0.4, 0.5) is 5.69 Å². The Hall–Kier alpha value is -1.51. The number of rotatable bonds is 6. The van der Waals surface area contributed by atoms with Crippen molar-refractivity contribution in [3.63, 3.8) is 0 Å². The third kappa shape index (κ3) is 4.93. The Morgan fingerprint density at radius 3 is 2.21 bits per heavy atom. The van der Waals surface area contributed by atoms with Crippen molar-refractivity contribution in [1.82, 2.24) is 4.90 Å². The molecule has 19 heavy (non-hydrogen) atoms. The van der Waals surface area contributed by atoms with Crippen molar-refractivity contribution in [2.45, 2.75) is 39.7 Å². The molecule has 0 bridgehead atoms. The number of carbonyl (C=O) groups is 1. The van der Waals surface area contributed by atoms with Crippen molar-refractivity contribution in [3.8, 4) is 0 Å². The minimum atomic E-state index is 0.134. The number of carbonyl (C=O) groups excluding carboxylic acids is 1. The van der Waals surface area contributed by atoms with Gasteiger partial charge in [0, 0.05) is 25.8 Å². The lowest BCUT2D eigenvalue weighted by Crippen LogP contribution is -2.24. The van der Waals surface area contributed by atoms with Crippen LogP contribution in [-0.4, -0.2) is 30.9 Å². The molecule has 0 spiro atoms. The predicted octanol–water partition coefficient (Wildman–Crippen LogP) is 3.16. The van der Waals surface area contributed by atoms with Crippen LogP contribution in [0.2, 0.25) is 0 Å². The van der Waals surface area contributed by atoms with Crippen molar-refractivity contribution in [2.75, 3.05) is 19.4 Å². The van der Waals surface area contributed by atoms with E-state index in [0.29, 0.717) is 18.4 Å². The molecule has 0 aliphatic heterocycles. The molecule has 0 heterocycles. The number of likely N-dealkylation sites (N-methyl/N-ethyl adjacent to an activating group) is 1. The molecule has 3 nitrogen and oxygen atoms in total. The molecule has 3 heteroatoms. The number of hydrogen-bond donors (Lipinski definition) is 1. The van der Waals surface area contributed by atoms with E-state index in [1.165, 1.54) is 0 Å². The van der Waals surface area contributed by atoms with Gasteiger partial charge in [-0.3, -0.25) is 4.79 Å². The van der Waals surface area contributed by atoms with E-state index in [1.807, 2.05) is 12.1 Å². The molecule has 0 aromatic heterocycles. The van der Waals surface area contributed by atoms with Gasteiger partial charge in [0.1, 0.15) is 0 Å². The van der Waals surface area contributed by atoms with Gasteiger partial charge in [-0.2, -0.15) is 0 Å². The summed E-state index contributed by atoms with van der Waals surface area (Å²) in [5.41, 5.74) is 2.18. The van der Waals surface area contributed by atoms with Gasteiger partial charge in [-0.25, -0.2) is 0 Å². The molecule has 0 radical (unpaired) electrons. The van der Waals surface area contributed by atoms with Gasteiger partial charge >= 0.3 is 0 Å². The Morgan fingerprint density at radius 2 is 1.79 bits per heavy atom. The second-order valence-corrected chi connectivity index (χ2v) is 5.56. The molecule has 1 amide bonds. The van der Waals surface area contributed by atoms with E-state index in [2.05, 4.69) is 38.2 Å². The number of benzene rings is 1. The fourth-order valence-corrected chi connectivity index (χ4v) is 2.01. The minimum absolute atomic E-state index is 0.134. The Labute approximate surface area is 117 Å². The zero-order valence-electron chi connectivity index (χ0n) is 12.7. The lowest BCUT2D eigenvalue weighted by atomic mass is 10.0. The number of nitrogens with zero attached hydrogens (tertiary/aromatic N) is 1. The average Bonchev–Trinajstić information content (AvgIpc) is 2.37. The molecule has 1 N–H and O–H groups in total. The van der Waals surface area contributed by atoms with Crippen LogP contribution in [0.25, 0.3) is 0 Å². The van der Waals surface area contributed by atoms with Crippen LogP contribution in [0.1, 0.15) is 32.8 Å². The Bertz CT molecular complexity index is 396. The summed E-state index contributed by atoms with van der Waals surface area (Å²) in [6, 6.07) is 8.66. The number of nitrogens with one attached hydrogen (secondary N) is 1. The maximum absolute atomic E-state index is 11.6. The van der Waals surface area contributed by atoms with Gasteiger partial charge in [0.2, 0.25) is 5.91 Å². The van der Waals surface area contributed by atoms with E-state index >= 15 is 0 Å². The van der Waals surface area contributed by atoms with Crippen LogP contribution in [0.5, 0.6) is 0 Å². The summed E-state index contributed by atoms with van der Waals surface area (Å²) in [6.45, 7) is 6.65. The molecule has 0 fully saturated rings. The van der Waals surface area contributed by atoms with Gasteiger partial charge in [-0.05, 0) is 30.0 Å². The first kappa shape index (κ1) is 15.5. The SMILES string of the molecule is CCC(Nc1ccc(CC(=O)N(C)C)cc1)C(C)C. The lowest BCUT2D eigenvalue weighted by molar-refractivity contribution is -0.127. The van der Waals surface area contributed by atoms with Gasteiger partial charge in [-0.1, -0.05) is 32.9 Å². The predicted molar refractivity (Wildman–Crippen MR) is 81.4 cm³/mol. The lowest BCUT2D eigenvalue weighted by Gasteiger charge is -2.22. The van der Waals surface area contributed by atoms with Crippen molar-refractivity contribution >= 4 is 11.6 Å². The van der Waals surface area contributed by atoms with Gasteiger partial charge in [0.25, 0.3) is 0 Å². The third-order valence-electron chi connectivity index (χ3n) is 3.40. The zero-order valence-corrected chi connectivity index (χ0v) is 12.7. The molecule has 106 valence electrons. The molecule has 0 saturated heterocycles. The largest absolute Gasteiger partial charge is 0.382 e. The summed E-state index contributed by atoms with van der Waals surface area (Å²) < 4.78 is 0. The van der Waals surface area contributed by atoms with E-state index in [4.69, 9.17) is 0 Å². The molecule has 1 aromatic rings. The van der Waals surface area contributed by atoms with Crippen LogP contribution in [0.15, 0.2) is 24.3 Å². The van der Waals surface area contributed by atoms with E-state index in [-0.39, 0.29) is 5.91 Å². The van der Waals surface area contributed by atoms with Crippen molar-refractivity contribution in [3.05, 3.63) is 29.8 Å². The minimum Gasteiger partial charge on any atom is -0.382 e. The van der Waals surface area contributed by atoms with Crippen LogP contribution >= 0.6 is 0 Å². The maximum atomic E-state index is 11.6. The van der Waals surface area contributed by atoms with Crippen LogP contribution in [-0.2, 0) is 11.2 Å². The highest BCUT2D eigenvalue weighted by Crippen LogP contribution is 2.16. The smallest absolute Gasteiger partial charge is 0.226 e. The van der Waals surface area contributed by atoms with Crippen LogP contribution in [0.3, 0.4) is 0 Å². The van der Waals surface area contributed by atoms with Gasteiger partial charge < -0.3 is 10.2 Å². The number of hydrogen-bond acceptors (Lipinski definition) is 2. The molecule has 1 atom stereocenters. The Morgan fingerprint density at radius 1 is 1.21 bits per heavy atom. The quantitative estimate of drug-likeness (QED) is 0.854. The Balaban J connectivity index is 2.63. The summed E-state index contributed by atoms with van der Waals surface area (Å²) in [6.07, 6.45) is 1.58. The first-order valence-corrected chi connectivity index (χ1v) is 6.99. The molecule has 1 aromatic carbocycles. The van der Waals surface area contributed by atoms with Gasteiger partial charge in [-0.15, -0.1) is 0 Å². The van der Waals surface area contributed by atoms with E-state index in [1.54, 1.807) is 19.0 Å². The highest BCUT2D eigenvalue weighted by molar-refractivity contribution is 5.78. The second-order valence-electron chi connectivity index (χ2n) is 5.56. The number of amides is 1. The highest BCUT2D eigenvalue weighted by atomic mass is 16.2. The topological polar surface area (TPSA) is 32.3 Å². The molecule has 1 rings (SSSR count). The first-order valence-electron chi connectivity index (χ1n) is 6.99. The van der Waals surface area contributed by atoms with Crippen molar-refractivity contribution < 1.29 is 4.79 Å². The summed E-state index contributed by atoms with van der Waals surface area (Å²) in [5, 5.41) is 3.54. The molecular weight excluding hydrogens is 236 g/mol. The molecule has 1 unspecified atom stereocenters. The fraction of sp³-hybridized carbons (Fsp3) is 0.562. The van der Waals surface area contributed by atoms with Crippen LogP contribution < -0.4 is 5.32 Å². The van der Waals surface area contributed by atoms with Gasteiger partial charge in [0.15, 0.2) is 0 Å². The van der Waals surface area contributed by atoms with E-state index in [0.717, 1.165) is 17.7 Å². The van der Waals surface area contributed by atoms with Crippen molar-refractivity contribution in [1.29, 1.82) is 0 Å². The molecular formula is C16H26N2O. The maximum Gasteiger partial charge on any atom is 0.226 e. The van der Waals surface area contributed by atoms with E-state index in [9.17, 15) is 4.79 Å². The summed E-state index contributed by atoms with van der Waals surface area (Å²) in [5.74, 6) is 0.745. The molecule has 0 saturated carbocycles. The summed E-state index contributed by atoms with van der Waals surface area (Å²) >= 11 is 0. The van der Waals surface area contributed by atoms with E-state index < -0.39 is 0 Å². The third-order valence-corrected chi connectivity index (χ3v) is 3.40. The molecule has 0 aliphatic carbocycles. The van der Waals surface area contributed by atoms with Gasteiger partial charge in [0.05, 0.1) is 6.42 Å². The van der Waals surface area contributed by atoms with Crippen molar-refractivity contribution in [2.24, 2.45) is 5.92 Å². The normalized spacial score (nSPS) is 12.3. The first-order chi connectivity index (χ1) is 8.93. The number of anilines is 1. The standard InChI is InChI=1S/C16H26N2O/c1-6-15(12(2)3)17-14-9-7-13(8-10-14)11-16(19)18(4)5/h7-10,12,15,17H,6,11H2,1-5H3. The molecule has 0 aliphatic rings. The average molecular weight is 262 g/mol. The summed E-state index contributed by atoms with van der Waals surface area (Å²) in [7, 11) is 3.57. The Kier molecular flexibility index (Phi) is 5.87. The second kappa shape index (κ2) is 7.17.